The lowest BCUT2D eigenvalue weighted by Crippen LogP contribution is -2.19. The van der Waals surface area contributed by atoms with Crippen LogP contribution in [0.15, 0.2) is 46.8 Å². The van der Waals surface area contributed by atoms with Crippen LogP contribution < -0.4 is 10.6 Å². The van der Waals surface area contributed by atoms with Crippen molar-refractivity contribution in [2.24, 2.45) is 0 Å². The van der Waals surface area contributed by atoms with Crippen LogP contribution in [0.3, 0.4) is 0 Å². The van der Waals surface area contributed by atoms with Crippen LogP contribution in [0, 0.1) is 0 Å². The predicted molar refractivity (Wildman–Crippen MR) is 104 cm³/mol. The molecule has 0 bridgehead atoms. The number of nitrogens with zero attached hydrogens (tertiary/aromatic N) is 2. The third-order valence-corrected chi connectivity index (χ3v) is 6.53. The van der Waals surface area contributed by atoms with Gasteiger partial charge >= 0.3 is 6.03 Å². The molecule has 0 saturated heterocycles. The summed E-state index contributed by atoms with van der Waals surface area (Å²) >= 11 is 4.76. The monoisotopic (exact) mass is 372 g/mol. The fourth-order valence-corrected chi connectivity index (χ4v) is 4.93. The van der Waals surface area contributed by atoms with Gasteiger partial charge in [0.15, 0.2) is 9.47 Å². The Balaban J connectivity index is 1.61. The highest BCUT2D eigenvalue weighted by atomic mass is 32.2. The first kappa shape index (κ1) is 15.4. The number of hydrogen-bond acceptors (Lipinski definition) is 6. The first-order valence-electron chi connectivity index (χ1n) is 7.10. The van der Waals surface area contributed by atoms with Crippen LogP contribution >= 0.6 is 34.4 Å². The number of thioether (sulfide) groups is 1. The predicted octanol–water partition coefficient (Wildman–Crippen LogP) is 5.27. The number of amides is 2. The summed E-state index contributed by atoms with van der Waals surface area (Å²) in [6.45, 7) is 0. The van der Waals surface area contributed by atoms with E-state index in [-0.39, 0.29) is 6.03 Å². The number of fused-ring (bicyclic) bond motifs is 3. The van der Waals surface area contributed by atoms with Crippen molar-refractivity contribution >= 4 is 71.7 Å². The van der Waals surface area contributed by atoms with E-state index in [1.54, 1.807) is 23.1 Å². The molecule has 0 radical (unpaired) electrons. The minimum absolute atomic E-state index is 0.300. The molecule has 2 N–H and O–H groups in total. The van der Waals surface area contributed by atoms with Crippen LogP contribution in [0.25, 0.3) is 20.4 Å². The van der Waals surface area contributed by atoms with E-state index in [2.05, 4.69) is 20.6 Å². The molecule has 2 aromatic carbocycles. The van der Waals surface area contributed by atoms with Gasteiger partial charge in [0.1, 0.15) is 0 Å². The van der Waals surface area contributed by atoms with Gasteiger partial charge in [-0.1, -0.05) is 41.3 Å². The minimum Gasteiger partial charge on any atom is -0.308 e. The molecular formula is C16H12N4OS3. The molecule has 2 heterocycles. The lowest BCUT2D eigenvalue weighted by atomic mass is 10.3. The summed E-state index contributed by atoms with van der Waals surface area (Å²) in [7, 11) is 0. The number of anilines is 2. The molecule has 24 heavy (non-hydrogen) atoms. The number of thiazole rings is 2. The zero-order chi connectivity index (χ0) is 16.5. The number of carbonyl (C=O) groups excluding carboxylic acids is 1. The second kappa shape index (κ2) is 6.39. The van der Waals surface area contributed by atoms with Gasteiger partial charge in [-0.3, -0.25) is 5.32 Å². The van der Waals surface area contributed by atoms with Crippen molar-refractivity contribution in [3.8, 4) is 0 Å². The van der Waals surface area contributed by atoms with Gasteiger partial charge in [-0.15, -0.1) is 11.3 Å². The number of urea groups is 1. The molecule has 2 aromatic heterocycles. The minimum atomic E-state index is -0.300. The largest absolute Gasteiger partial charge is 0.325 e. The third-order valence-electron chi connectivity index (χ3n) is 3.32. The second-order valence-corrected chi connectivity index (χ2v) is 7.96. The fourth-order valence-electron chi connectivity index (χ4n) is 2.27. The molecule has 0 aliphatic heterocycles. The van der Waals surface area contributed by atoms with Crippen molar-refractivity contribution in [2.75, 3.05) is 16.9 Å². The normalized spacial score (nSPS) is 11.0. The van der Waals surface area contributed by atoms with Gasteiger partial charge < -0.3 is 5.32 Å². The zero-order valence-electron chi connectivity index (χ0n) is 12.6. The maximum Gasteiger partial charge on any atom is 0.325 e. The van der Waals surface area contributed by atoms with Crippen LogP contribution in [-0.4, -0.2) is 22.3 Å². The van der Waals surface area contributed by atoms with Crippen LogP contribution in [0.2, 0.25) is 0 Å². The molecule has 5 nitrogen and oxygen atoms in total. The molecular weight excluding hydrogens is 360 g/mol. The summed E-state index contributed by atoms with van der Waals surface area (Å²) in [5.74, 6) is 0. The first-order valence-corrected chi connectivity index (χ1v) is 9.96. The van der Waals surface area contributed by atoms with Crippen LogP contribution in [0.4, 0.5) is 15.6 Å². The van der Waals surface area contributed by atoms with Gasteiger partial charge in [-0.05, 0) is 30.5 Å². The van der Waals surface area contributed by atoms with Crippen molar-refractivity contribution in [2.45, 2.75) is 4.34 Å². The van der Waals surface area contributed by atoms with E-state index in [0.717, 1.165) is 30.5 Å². The topological polar surface area (TPSA) is 66.9 Å². The summed E-state index contributed by atoms with van der Waals surface area (Å²) in [6, 6.07) is 12.9. The van der Waals surface area contributed by atoms with E-state index in [1.165, 1.54) is 11.3 Å². The number of rotatable bonds is 3. The fraction of sp³-hybridized carbons (Fsp3) is 0.0625. The van der Waals surface area contributed by atoms with Crippen molar-refractivity contribution in [1.82, 2.24) is 9.97 Å². The summed E-state index contributed by atoms with van der Waals surface area (Å²) < 4.78 is 3.20. The summed E-state index contributed by atoms with van der Waals surface area (Å²) in [5.41, 5.74) is 2.59. The molecule has 0 atom stereocenters. The smallest absolute Gasteiger partial charge is 0.308 e. The van der Waals surface area contributed by atoms with Gasteiger partial charge in [-0.25, -0.2) is 14.8 Å². The van der Waals surface area contributed by atoms with E-state index in [9.17, 15) is 4.79 Å². The molecule has 0 saturated carbocycles. The Hall–Kier alpha value is -2.16. The molecule has 4 rings (SSSR count). The lowest BCUT2D eigenvalue weighted by Gasteiger charge is -2.04. The number of aromatic nitrogens is 2. The number of nitrogens with one attached hydrogen (secondary N) is 2. The quantitative estimate of drug-likeness (QED) is 0.481. The maximum absolute atomic E-state index is 12.1. The Morgan fingerprint density at radius 2 is 1.67 bits per heavy atom. The summed E-state index contributed by atoms with van der Waals surface area (Å²) in [6.07, 6.45) is 2.02. The zero-order valence-corrected chi connectivity index (χ0v) is 15.0. The highest BCUT2D eigenvalue weighted by molar-refractivity contribution is 8.00. The van der Waals surface area contributed by atoms with E-state index in [1.807, 2.05) is 48.7 Å². The van der Waals surface area contributed by atoms with Crippen LogP contribution in [0.5, 0.6) is 0 Å². The molecule has 0 aliphatic rings. The van der Waals surface area contributed by atoms with Crippen molar-refractivity contribution in [1.29, 1.82) is 0 Å². The average Bonchev–Trinajstić information content (AvgIpc) is 3.18. The Labute approximate surface area is 150 Å². The van der Waals surface area contributed by atoms with Gasteiger partial charge in [0, 0.05) is 5.69 Å². The SMILES string of the molecule is CSc1nc2ccc3nc(NC(=O)Nc4ccccc4)sc3c2s1. The van der Waals surface area contributed by atoms with E-state index < -0.39 is 0 Å². The molecule has 0 fully saturated rings. The summed E-state index contributed by atoms with van der Waals surface area (Å²) in [4.78, 5) is 21.2. The molecule has 4 aromatic rings. The number of carbonyl (C=O) groups is 1. The average molecular weight is 373 g/mol. The lowest BCUT2D eigenvalue weighted by molar-refractivity contribution is 0.262. The van der Waals surface area contributed by atoms with Crippen molar-refractivity contribution < 1.29 is 4.79 Å². The standard InChI is InChI=1S/C16H12N4OS3/c1-22-16-19-11-8-7-10-12(13(11)24-16)23-15(18-10)20-14(21)17-9-5-3-2-4-6-9/h2-8H,1H3,(H2,17,18,20,21). The van der Waals surface area contributed by atoms with Gasteiger partial charge in [-0.2, -0.15) is 0 Å². The van der Waals surface area contributed by atoms with Gasteiger partial charge in [0.25, 0.3) is 0 Å². The summed E-state index contributed by atoms with van der Waals surface area (Å²) in [5, 5.41) is 6.16. The first-order chi connectivity index (χ1) is 11.7. The molecule has 0 spiro atoms. The Morgan fingerprint density at radius 1 is 0.958 bits per heavy atom. The van der Waals surface area contributed by atoms with Crippen LogP contribution in [0.1, 0.15) is 0 Å². The maximum atomic E-state index is 12.1. The van der Waals surface area contributed by atoms with Crippen molar-refractivity contribution in [3.63, 3.8) is 0 Å². The third kappa shape index (κ3) is 2.95. The van der Waals surface area contributed by atoms with E-state index in [4.69, 9.17) is 0 Å². The molecule has 0 unspecified atom stereocenters. The van der Waals surface area contributed by atoms with E-state index in [0.29, 0.717) is 5.13 Å². The number of hydrogen-bond donors (Lipinski definition) is 2. The van der Waals surface area contributed by atoms with Gasteiger partial charge in [0.05, 0.1) is 20.4 Å². The molecule has 8 heteroatoms. The molecule has 2 amide bonds. The van der Waals surface area contributed by atoms with E-state index >= 15 is 0 Å². The van der Waals surface area contributed by atoms with Crippen molar-refractivity contribution in [3.05, 3.63) is 42.5 Å². The molecule has 0 aliphatic carbocycles. The second-order valence-electron chi connectivity index (χ2n) is 4.91. The Morgan fingerprint density at radius 3 is 2.42 bits per heavy atom. The molecule has 120 valence electrons. The Bertz CT molecular complexity index is 1030. The number of para-hydroxylation sites is 1. The van der Waals surface area contributed by atoms with Gasteiger partial charge in [0.2, 0.25) is 0 Å². The highest BCUT2D eigenvalue weighted by Crippen LogP contribution is 2.37. The number of benzene rings is 2. The van der Waals surface area contributed by atoms with Crippen LogP contribution in [-0.2, 0) is 0 Å². The highest BCUT2D eigenvalue weighted by Gasteiger charge is 2.13. The Kier molecular flexibility index (Phi) is 4.09.